The lowest BCUT2D eigenvalue weighted by Gasteiger charge is -2.55. The quantitative estimate of drug-likeness (QED) is 0.772. The average Bonchev–Trinajstić information content (AvgIpc) is 3.19. The van der Waals surface area contributed by atoms with E-state index in [1.165, 1.54) is 19.3 Å². The summed E-state index contributed by atoms with van der Waals surface area (Å²) in [6.07, 6.45) is 11.3. The number of hydrogen-bond donors (Lipinski definition) is 2. The molecule has 4 saturated carbocycles. The summed E-state index contributed by atoms with van der Waals surface area (Å²) in [6.45, 7) is 1.29. The Hall–Kier alpha value is -2.37. The molecule has 2 heterocycles. The van der Waals surface area contributed by atoms with Crippen LogP contribution >= 0.6 is 0 Å². The van der Waals surface area contributed by atoms with E-state index >= 15 is 0 Å². The fraction of sp³-hybridized carbons (Fsp3) is 0.571. The summed E-state index contributed by atoms with van der Waals surface area (Å²) < 4.78 is 1.92. The molecule has 1 amide bonds. The topological polar surface area (TPSA) is 71.8 Å². The van der Waals surface area contributed by atoms with Crippen LogP contribution in [0.1, 0.15) is 38.5 Å². The predicted molar refractivity (Wildman–Crippen MR) is 103 cm³/mol. The van der Waals surface area contributed by atoms with Crippen molar-refractivity contribution in [2.75, 3.05) is 18.4 Å². The van der Waals surface area contributed by atoms with E-state index in [1.54, 1.807) is 0 Å². The third-order valence-corrected chi connectivity index (χ3v) is 6.76. The molecule has 6 nitrogen and oxygen atoms in total. The van der Waals surface area contributed by atoms with Gasteiger partial charge in [0.1, 0.15) is 5.82 Å². The molecule has 0 atom stereocenters. The van der Waals surface area contributed by atoms with Crippen molar-refractivity contribution in [3.63, 3.8) is 0 Å². The van der Waals surface area contributed by atoms with E-state index in [-0.39, 0.29) is 11.3 Å². The van der Waals surface area contributed by atoms with Crippen molar-refractivity contribution in [2.24, 2.45) is 23.2 Å². The number of aromatic nitrogens is 3. The van der Waals surface area contributed by atoms with Crippen LogP contribution in [0.3, 0.4) is 0 Å². The molecule has 4 bridgehead atoms. The summed E-state index contributed by atoms with van der Waals surface area (Å²) in [7, 11) is 0. The highest BCUT2D eigenvalue weighted by Crippen LogP contribution is 2.60. The number of hydrogen-bond acceptors (Lipinski definition) is 4. The van der Waals surface area contributed by atoms with E-state index < -0.39 is 0 Å². The fourth-order valence-electron chi connectivity index (χ4n) is 5.99. The second-order valence-corrected chi connectivity index (χ2v) is 8.75. The zero-order valence-corrected chi connectivity index (χ0v) is 15.6. The van der Waals surface area contributed by atoms with Gasteiger partial charge in [0.25, 0.3) is 0 Å². The lowest BCUT2D eigenvalue weighted by molar-refractivity contribution is -0.146. The van der Waals surface area contributed by atoms with Gasteiger partial charge in [-0.05, 0) is 80.5 Å². The Labute approximate surface area is 159 Å². The van der Waals surface area contributed by atoms with Crippen molar-refractivity contribution in [1.82, 2.24) is 20.1 Å². The van der Waals surface area contributed by atoms with E-state index in [0.29, 0.717) is 13.1 Å². The Balaban J connectivity index is 1.11. The van der Waals surface area contributed by atoms with Crippen LogP contribution in [0.2, 0.25) is 0 Å². The molecule has 4 fully saturated rings. The molecule has 6 rings (SSSR count). The van der Waals surface area contributed by atoms with Crippen molar-refractivity contribution in [3.8, 4) is 5.82 Å². The maximum Gasteiger partial charge on any atom is 0.226 e. The number of nitrogens with one attached hydrogen (secondary N) is 2. The highest BCUT2D eigenvalue weighted by atomic mass is 16.2. The first kappa shape index (κ1) is 16.8. The highest BCUT2D eigenvalue weighted by molar-refractivity contribution is 5.83. The Kier molecular flexibility index (Phi) is 4.14. The minimum absolute atomic E-state index is 0.0625. The lowest BCUT2D eigenvalue weighted by atomic mass is 9.49. The van der Waals surface area contributed by atoms with Gasteiger partial charge in [-0.15, -0.1) is 10.2 Å². The molecule has 0 unspecified atom stereocenters. The van der Waals surface area contributed by atoms with Crippen molar-refractivity contribution >= 4 is 11.7 Å². The highest BCUT2D eigenvalue weighted by Gasteiger charge is 2.54. The van der Waals surface area contributed by atoms with Gasteiger partial charge in [0.05, 0.1) is 0 Å². The zero-order valence-electron chi connectivity index (χ0n) is 15.6. The number of nitrogens with zero attached hydrogens (tertiary/aromatic N) is 3. The predicted octanol–water partition coefficient (Wildman–Crippen LogP) is 3.01. The number of rotatable bonds is 6. The van der Waals surface area contributed by atoms with Crippen molar-refractivity contribution in [2.45, 2.75) is 38.5 Å². The van der Waals surface area contributed by atoms with E-state index in [2.05, 4.69) is 20.8 Å². The molecule has 4 aliphatic carbocycles. The molecule has 0 aromatic carbocycles. The number of carbonyl (C=O) groups excluding carboxylic acids is 1. The van der Waals surface area contributed by atoms with Crippen LogP contribution in [0.25, 0.3) is 5.82 Å². The maximum absolute atomic E-state index is 12.9. The molecule has 2 N–H and O–H groups in total. The molecule has 4 aliphatic rings. The first-order chi connectivity index (χ1) is 13.2. The molecular weight excluding hydrogens is 338 g/mol. The van der Waals surface area contributed by atoms with Crippen molar-refractivity contribution in [3.05, 3.63) is 36.7 Å². The monoisotopic (exact) mass is 365 g/mol. The fourth-order valence-corrected chi connectivity index (χ4v) is 5.99. The van der Waals surface area contributed by atoms with Crippen molar-refractivity contribution in [1.29, 1.82) is 0 Å². The van der Waals surface area contributed by atoms with Gasteiger partial charge in [0, 0.05) is 30.9 Å². The third kappa shape index (κ3) is 3.22. The molecule has 0 aliphatic heterocycles. The smallest absolute Gasteiger partial charge is 0.226 e. The second-order valence-electron chi connectivity index (χ2n) is 8.75. The summed E-state index contributed by atoms with van der Waals surface area (Å²) in [5, 5.41) is 14.9. The van der Waals surface area contributed by atoms with Crippen LogP contribution in [0.4, 0.5) is 5.82 Å². The minimum atomic E-state index is -0.0625. The van der Waals surface area contributed by atoms with E-state index in [4.69, 9.17) is 0 Å². The first-order valence-corrected chi connectivity index (χ1v) is 10.2. The van der Waals surface area contributed by atoms with Crippen LogP contribution in [0.15, 0.2) is 36.7 Å². The SMILES string of the molecule is O=C(NCCNc1ccc(-n2cccc2)nn1)C12CC3CC(CC(C3)C1)C2. The van der Waals surface area contributed by atoms with E-state index in [9.17, 15) is 4.79 Å². The molecule has 142 valence electrons. The van der Waals surface area contributed by atoms with Gasteiger partial charge in [0.15, 0.2) is 5.82 Å². The largest absolute Gasteiger partial charge is 0.367 e. The Morgan fingerprint density at radius 3 is 2.26 bits per heavy atom. The standard InChI is InChI=1S/C21H27N5O/c27-20(21-12-15-9-16(13-21)11-17(10-15)14-21)23-6-5-22-18-3-4-19(25-24-18)26-7-1-2-8-26/h1-4,7-8,15-17H,5-6,9-14H2,(H,22,24)(H,23,27). The molecule has 0 spiro atoms. The van der Waals surface area contributed by atoms with Crippen LogP contribution in [0.5, 0.6) is 0 Å². The van der Waals surface area contributed by atoms with Gasteiger partial charge in [0.2, 0.25) is 5.91 Å². The number of carbonyl (C=O) groups is 1. The van der Waals surface area contributed by atoms with Crippen molar-refractivity contribution < 1.29 is 4.79 Å². The second kappa shape index (κ2) is 6.66. The van der Waals surface area contributed by atoms with Crippen LogP contribution in [0, 0.1) is 23.2 Å². The van der Waals surface area contributed by atoms with Gasteiger partial charge in [-0.25, -0.2) is 0 Å². The molecule has 6 heteroatoms. The first-order valence-electron chi connectivity index (χ1n) is 10.2. The molecule has 0 radical (unpaired) electrons. The lowest BCUT2D eigenvalue weighted by Crippen LogP contribution is -2.54. The van der Waals surface area contributed by atoms with Crippen LogP contribution in [-0.2, 0) is 4.79 Å². The summed E-state index contributed by atoms with van der Waals surface area (Å²) >= 11 is 0. The van der Waals surface area contributed by atoms with E-state index in [0.717, 1.165) is 48.7 Å². The van der Waals surface area contributed by atoms with Gasteiger partial charge in [-0.2, -0.15) is 0 Å². The van der Waals surface area contributed by atoms with Crippen LogP contribution < -0.4 is 10.6 Å². The Bertz CT molecular complexity index is 763. The Morgan fingerprint density at radius 1 is 1.00 bits per heavy atom. The summed E-state index contributed by atoms with van der Waals surface area (Å²) in [5.41, 5.74) is -0.0625. The normalized spacial score (nSPS) is 31.0. The summed E-state index contributed by atoms with van der Waals surface area (Å²) in [5.74, 6) is 4.21. The molecular formula is C21H27N5O. The maximum atomic E-state index is 12.9. The van der Waals surface area contributed by atoms with Gasteiger partial charge >= 0.3 is 0 Å². The van der Waals surface area contributed by atoms with Crippen LogP contribution in [-0.4, -0.2) is 33.8 Å². The zero-order chi connectivity index (χ0) is 18.3. The third-order valence-electron chi connectivity index (χ3n) is 6.76. The van der Waals surface area contributed by atoms with E-state index in [1.807, 2.05) is 41.2 Å². The number of amides is 1. The summed E-state index contributed by atoms with van der Waals surface area (Å²) in [6, 6.07) is 7.77. The molecule has 2 aromatic rings. The molecule has 2 aromatic heterocycles. The van der Waals surface area contributed by atoms with Gasteiger partial charge in [-0.3, -0.25) is 4.79 Å². The van der Waals surface area contributed by atoms with Gasteiger partial charge in [-0.1, -0.05) is 0 Å². The minimum Gasteiger partial charge on any atom is -0.367 e. The number of anilines is 1. The summed E-state index contributed by atoms with van der Waals surface area (Å²) in [4.78, 5) is 12.9. The van der Waals surface area contributed by atoms with Gasteiger partial charge < -0.3 is 15.2 Å². The molecule has 27 heavy (non-hydrogen) atoms. The molecule has 0 saturated heterocycles. The Morgan fingerprint density at radius 2 is 1.67 bits per heavy atom. The average molecular weight is 365 g/mol.